The zero-order chi connectivity index (χ0) is 17.1. The minimum atomic E-state index is -0.545. The third-order valence-electron chi connectivity index (χ3n) is 5.34. The molecule has 0 aromatic heterocycles. The Hall–Kier alpha value is -2.10. The number of ketones is 1. The van der Waals surface area contributed by atoms with Crippen molar-refractivity contribution in [2.24, 2.45) is 5.92 Å². The maximum atomic E-state index is 12.8. The Morgan fingerprint density at radius 1 is 1.29 bits per heavy atom. The van der Waals surface area contributed by atoms with Crippen LogP contribution in [0.5, 0.6) is 0 Å². The lowest BCUT2D eigenvalue weighted by Gasteiger charge is -2.34. The van der Waals surface area contributed by atoms with E-state index < -0.39 is 5.60 Å². The minimum absolute atomic E-state index is 0.00710. The van der Waals surface area contributed by atoms with Crippen molar-refractivity contribution < 1.29 is 14.3 Å². The number of carbonyl (C=O) groups is 2. The molecular formula is C20H23NO3. The molecule has 1 heterocycles. The van der Waals surface area contributed by atoms with Crippen LogP contribution >= 0.6 is 0 Å². The van der Waals surface area contributed by atoms with E-state index in [1.165, 1.54) is 0 Å². The first kappa shape index (κ1) is 15.4. The number of fused-ring (bicyclic) bond motifs is 1. The number of hydrogen-bond donors (Lipinski definition) is 0. The highest BCUT2D eigenvalue weighted by Crippen LogP contribution is 2.64. The van der Waals surface area contributed by atoms with E-state index in [1.54, 1.807) is 11.0 Å². The Labute approximate surface area is 142 Å². The topological polar surface area (TPSA) is 46.6 Å². The summed E-state index contributed by atoms with van der Waals surface area (Å²) in [5, 5.41) is 0. The van der Waals surface area contributed by atoms with Crippen LogP contribution in [0.4, 0.5) is 4.79 Å². The van der Waals surface area contributed by atoms with Gasteiger partial charge in [-0.05, 0) is 51.5 Å². The number of benzene rings is 1. The predicted molar refractivity (Wildman–Crippen MR) is 90.8 cm³/mol. The molecule has 0 N–H and O–H groups in total. The second-order valence-corrected chi connectivity index (χ2v) is 8.09. The Morgan fingerprint density at radius 3 is 2.79 bits per heavy atom. The van der Waals surface area contributed by atoms with E-state index in [9.17, 15) is 9.59 Å². The van der Waals surface area contributed by atoms with E-state index in [0.717, 1.165) is 36.1 Å². The molecule has 24 heavy (non-hydrogen) atoms. The fraction of sp³-hybridized carbons (Fsp3) is 0.500. The third kappa shape index (κ3) is 2.20. The van der Waals surface area contributed by atoms with Gasteiger partial charge in [-0.1, -0.05) is 24.3 Å². The van der Waals surface area contributed by atoms with E-state index in [2.05, 4.69) is 6.07 Å². The zero-order valence-electron chi connectivity index (χ0n) is 14.5. The molecule has 4 heteroatoms. The molecular weight excluding hydrogens is 302 g/mol. The lowest BCUT2D eigenvalue weighted by atomic mass is 9.80. The van der Waals surface area contributed by atoms with Crippen LogP contribution in [0.25, 0.3) is 0 Å². The zero-order valence-corrected chi connectivity index (χ0v) is 14.5. The van der Waals surface area contributed by atoms with Crippen molar-refractivity contribution in [3.05, 3.63) is 47.2 Å². The maximum Gasteiger partial charge on any atom is 0.414 e. The van der Waals surface area contributed by atoms with Crippen molar-refractivity contribution >= 4 is 11.9 Å². The van der Waals surface area contributed by atoms with Crippen molar-refractivity contribution in [1.82, 2.24) is 4.90 Å². The molecule has 1 aromatic rings. The molecule has 0 unspecified atom stereocenters. The van der Waals surface area contributed by atoms with Gasteiger partial charge in [0.05, 0.1) is 0 Å². The van der Waals surface area contributed by atoms with Crippen molar-refractivity contribution in [2.75, 3.05) is 6.54 Å². The SMILES string of the molecule is CC(C)(C)OC(=O)N1CCC[C@@H]2C[C@]23C1=CC(=O)c1ccccc13. The standard InChI is InChI=1S/C20H23NO3/c1-19(2,3)24-18(23)21-10-6-7-13-12-20(13)15-9-5-4-8-14(15)16(22)11-17(20)21/h4-5,8-9,11,13H,6-7,10,12H2,1-3H3/t13-,20+/m1/s1. The van der Waals surface area contributed by atoms with Gasteiger partial charge >= 0.3 is 6.09 Å². The molecule has 1 spiro atoms. The number of likely N-dealkylation sites (tertiary alicyclic amines) is 1. The molecule has 2 aliphatic carbocycles. The number of rotatable bonds is 0. The Morgan fingerprint density at radius 2 is 2.04 bits per heavy atom. The Kier molecular flexibility index (Phi) is 3.18. The second-order valence-electron chi connectivity index (χ2n) is 8.09. The minimum Gasteiger partial charge on any atom is -0.443 e. The van der Waals surface area contributed by atoms with Gasteiger partial charge in [0.2, 0.25) is 0 Å². The lowest BCUT2D eigenvalue weighted by molar-refractivity contribution is 0.0302. The summed E-state index contributed by atoms with van der Waals surface area (Å²) in [7, 11) is 0. The van der Waals surface area contributed by atoms with Crippen LogP contribution in [0.3, 0.4) is 0 Å². The van der Waals surface area contributed by atoms with E-state index in [-0.39, 0.29) is 17.3 Å². The number of allylic oxidation sites excluding steroid dienone is 2. The van der Waals surface area contributed by atoms with Crippen LogP contribution < -0.4 is 0 Å². The highest BCUT2D eigenvalue weighted by molar-refractivity contribution is 6.08. The summed E-state index contributed by atoms with van der Waals surface area (Å²) >= 11 is 0. The summed E-state index contributed by atoms with van der Waals surface area (Å²) in [5.74, 6) is 0.512. The summed E-state index contributed by atoms with van der Waals surface area (Å²) < 4.78 is 5.60. The second kappa shape index (κ2) is 4.95. The summed E-state index contributed by atoms with van der Waals surface area (Å²) in [6.07, 6.45) is 4.38. The van der Waals surface area contributed by atoms with Crippen molar-refractivity contribution in [1.29, 1.82) is 0 Å². The van der Waals surface area contributed by atoms with E-state index in [0.29, 0.717) is 12.5 Å². The van der Waals surface area contributed by atoms with Crippen LogP contribution in [0.1, 0.15) is 56.0 Å². The van der Waals surface area contributed by atoms with Crippen LogP contribution in [-0.4, -0.2) is 28.9 Å². The van der Waals surface area contributed by atoms with Crippen LogP contribution in [-0.2, 0) is 10.2 Å². The van der Waals surface area contributed by atoms with Gasteiger partial charge in [0.1, 0.15) is 5.60 Å². The van der Waals surface area contributed by atoms with E-state index >= 15 is 0 Å². The van der Waals surface area contributed by atoms with Gasteiger partial charge in [0.15, 0.2) is 5.78 Å². The van der Waals surface area contributed by atoms with Gasteiger partial charge in [-0.15, -0.1) is 0 Å². The molecule has 4 rings (SSSR count). The smallest absolute Gasteiger partial charge is 0.414 e. The lowest BCUT2D eigenvalue weighted by Crippen LogP contribution is -2.41. The maximum absolute atomic E-state index is 12.8. The van der Waals surface area contributed by atoms with Crippen LogP contribution in [0.15, 0.2) is 36.0 Å². The molecule has 1 saturated carbocycles. The van der Waals surface area contributed by atoms with Gasteiger partial charge in [0, 0.05) is 29.3 Å². The normalized spacial score (nSPS) is 28.1. The molecule has 126 valence electrons. The molecule has 2 atom stereocenters. The highest BCUT2D eigenvalue weighted by atomic mass is 16.6. The van der Waals surface area contributed by atoms with Crippen LogP contribution in [0.2, 0.25) is 0 Å². The first-order valence-corrected chi connectivity index (χ1v) is 8.69. The quantitative estimate of drug-likeness (QED) is 0.723. The van der Waals surface area contributed by atoms with Crippen molar-refractivity contribution in [3.8, 4) is 0 Å². The monoisotopic (exact) mass is 325 g/mol. The number of hydrogen-bond acceptors (Lipinski definition) is 3. The average molecular weight is 325 g/mol. The number of nitrogens with zero attached hydrogens (tertiary/aromatic N) is 1. The van der Waals surface area contributed by atoms with Gasteiger partial charge in [-0.2, -0.15) is 0 Å². The summed E-state index contributed by atoms with van der Waals surface area (Å²) in [6.45, 7) is 6.23. The highest BCUT2D eigenvalue weighted by Gasteiger charge is 2.62. The first-order chi connectivity index (χ1) is 11.3. The molecule has 1 saturated heterocycles. The van der Waals surface area contributed by atoms with Crippen molar-refractivity contribution in [2.45, 2.75) is 51.0 Å². The summed E-state index contributed by atoms with van der Waals surface area (Å²) in [4.78, 5) is 27.1. The largest absolute Gasteiger partial charge is 0.443 e. The molecule has 0 bridgehead atoms. The Balaban J connectivity index is 1.78. The third-order valence-corrected chi connectivity index (χ3v) is 5.34. The number of carbonyl (C=O) groups excluding carboxylic acids is 2. The van der Waals surface area contributed by atoms with Gasteiger partial charge < -0.3 is 4.74 Å². The molecule has 1 aromatic carbocycles. The van der Waals surface area contributed by atoms with Crippen LogP contribution in [0, 0.1) is 5.92 Å². The van der Waals surface area contributed by atoms with Crippen molar-refractivity contribution in [3.63, 3.8) is 0 Å². The molecule has 2 fully saturated rings. The Bertz CT molecular complexity index is 758. The van der Waals surface area contributed by atoms with E-state index in [1.807, 2.05) is 39.0 Å². The van der Waals surface area contributed by atoms with Gasteiger partial charge in [-0.25, -0.2) is 4.79 Å². The average Bonchev–Trinajstić information content (AvgIpc) is 3.22. The molecule has 1 amide bonds. The first-order valence-electron chi connectivity index (χ1n) is 8.69. The number of amides is 1. The predicted octanol–water partition coefficient (Wildman–Crippen LogP) is 4.06. The summed E-state index contributed by atoms with van der Waals surface area (Å²) in [6, 6.07) is 7.85. The molecule has 1 aliphatic heterocycles. The van der Waals surface area contributed by atoms with Gasteiger partial charge in [-0.3, -0.25) is 9.69 Å². The van der Waals surface area contributed by atoms with Gasteiger partial charge in [0.25, 0.3) is 0 Å². The summed E-state index contributed by atoms with van der Waals surface area (Å²) in [5.41, 5.74) is 2.01. The number of ether oxygens (including phenoxy) is 1. The molecule has 4 nitrogen and oxygen atoms in total. The van der Waals surface area contributed by atoms with E-state index in [4.69, 9.17) is 4.74 Å². The fourth-order valence-corrected chi connectivity index (χ4v) is 4.32. The fourth-order valence-electron chi connectivity index (χ4n) is 4.32. The molecule has 0 radical (unpaired) electrons. The molecule has 3 aliphatic rings.